The first kappa shape index (κ1) is 14.7. The SMILES string of the molecule is CC1CCCN(C(=O)c2ccnc(Cl)c2[N+](=O)[O-])C1C. The van der Waals surface area contributed by atoms with E-state index in [-0.39, 0.29) is 22.7 Å². The molecule has 0 radical (unpaired) electrons. The summed E-state index contributed by atoms with van der Waals surface area (Å²) in [6, 6.07) is 1.42. The van der Waals surface area contributed by atoms with Gasteiger partial charge in [-0.05, 0) is 31.7 Å². The molecule has 20 heavy (non-hydrogen) atoms. The second-order valence-electron chi connectivity index (χ2n) is 5.11. The van der Waals surface area contributed by atoms with Crippen LogP contribution in [0.3, 0.4) is 0 Å². The number of pyridine rings is 1. The highest BCUT2D eigenvalue weighted by Gasteiger charge is 2.33. The summed E-state index contributed by atoms with van der Waals surface area (Å²) in [5.74, 6) is 0.0316. The molecule has 1 aromatic heterocycles. The van der Waals surface area contributed by atoms with Crippen LogP contribution in [0.25, 0.3) is 0 Å². The van der Waals surface area contributed by atoms with Crippen molar-refractivity contribution in [3.8, 4) is 0 Å². The van der Waals surface area contributed by atoms with E-state index in [4.69, 9.17) is 11.6 Å². The molecule has 1 amide bonds. The molecule has 1 aromatic rings. The van der Waals surface area contributed by atoms with E-state index in [1.807, 2.05) is 6.92 Å². The fourth-order valence-corrected chi connectivity index (χ4v) is 2.78. The van der Waals surface area contributed by atoms with Gasteiger partial charge in [0, 0.05) is 18.8 Å². The van der Waals surface area contributed by atoms with Gasteiger partial charge in [0.15, 0.2) is 0 Å². The second kappa shape index (κ2) is 5.75. The Hall–Kier alpha value is -1.69. The number of amides is 1. The van der Waals surface area contributed by atoms with E-state index in [1.165, 1.54) is 12.3 Å². The van der Waals surface area contributed by atoms with Gasteiger partial charge < -0.3 is 4.90 Å². The first-order valence-electron chi connectivity index (χ1n) is 6.53. The number of rotatable bonds is 2. The number of nitrogens with zero attached hydrogens (tertiary/aromatic N) is 3. The Morgan fingerprint density at radius 1 is 1.55 bits per heavy atom. The molecule has 1 aliphatic rings. The Morgan fingerprint density at radius 3 is 2.90 bits per heavy atom. The third-order valence-electron chi connectivity index (χ3n) is 3.93. The number of carbonyl (C=O) groups excluding carboxylic acids is 1. The largest absolute Gasteiger partial charge is 0.335 e. The van der Waals surface area contributed by atoms with Gasteiger partial charge in [-0.25, -0.2) is 4.98 Å². The van der Waals surface area contributed by atoms with Crippen molar-refractivity contribution in [2.45, 2.75) is 32.7 Å². The summed E-state index contributed by atoms with van der Waals surface area (Å²) in [5.41, 5.74) is -0.402. The highest BCUT2D eigenvalue weighted by molar-refractivity contribution is 6.32. The lowest BCUT2D eigenvalue weighted by atomic mass is 9.91. The maximum absolute atomic E-state index is 12.6. The summed E-state index contributed by atoms with van der Waals surface area (Å²) < 4.78 is 0. The van der Waals surface area contributed by atoms with Crippen LogP contribution < -0.4 is 0 Å². The molecule has 0 spiro atoms. The Morgan fingerprint density at radius 2 is 2.25 bits per heavy atom. The van der Waals surface area contributed by atoms with E-state index in [2.05, 4.69) is 11.9 Å². The zero-order chi connectivity index (χ0) is 14.9. The maximum atomic E-state index is 12.6. The van der Waals surface area contributed by atoms with Crippen molar-refractivity contribution in [1.82, 2.24) is 9.88 Å². The third-order valence-corrected chi connectivity index (χ3v) is 4.20. The number of halogens is 1. The number of likely N-dealkylation sites (tertiary alicyclic amines) is 1. The van der Waals surface area contributed by atoms with Gasteiger partial charge in [-0.15, -0.1) is 0 Å². The number of nitro groups is 1. The van der Waals surface area contributed by atoms with Gasteiger partial charge in [-0.2, -0.15) is 0 Å². The Labute approximate surface area is 121 Å². The highest BCUT2D eigenvalue weighted by atomic mass is 35.5. The Bertz CT molecular complexity index is 550. The van der Waals surface area contributed by atoms with E-state index in [0.717, 1.165) is 12.8 Å². The van der Waals surface area contributed by atoms with Gasteiger partial charge in [0.1, 0.15) is 5.56 Å². The molecule has 1 aliphatic heterocycles. The molecule has 1 fully saturated rings. The van der Waals surface area contributed by atoms with Crippen LogP contribution in [0.4, 0.5) is 5.69 Å². The zero-order valence-electron chi connectivity index (χ0n) is 11.4. The highest BCUT2D eigenvalue weighted by Crippen LogP contribution is 2.30. The predicted octanol–water partition coefficient (Wildman–Crippen LogP) is 2.90. The monoisotopic (exact) mass is 297 g/mol. The van der Waals surface area contributed by atoms with Crippen molar-refractivity contribution >= 4 is 23.2 Å². The standard InChI is InChI=1S/C13H16ClN3O3/c1-8-4-3-7-16(9(8)2)13(18)10-5-6-15-12(14)11(10)17(19)20/h5-6,8-9H,3-4,7H2,1-2H3. The minimum Gasteiger partial charge on any atom is -0.335 e. The predicted molar refractivity (Wildman–Crippen MR) is 74.8 cm³/mol. The van der Waals surface area contributed by atoms with Crippen LogP contribution in [-0.4, -0.2) is 33.3 Å². The number of piperidine rings is 1. The summed E-state index contributed by atoms with van der Waals surface area (Å²) in [6.07, 6.45) is 3.29. The topological polar surface area (TPSA) is 76.3 Å². The molecule has 108 valence electrons. The molecular weight excluding hydrogens is 282 g/mol. The van der Waals surface area contributed by atoms with E-state index >= 15 is 0 Å². The average Bonchev–Trinajstić information content (AvgIpc) is 2.40. The van der Waals surface area contributed by atoms with Gasteiger partial charge in [0.05, 0.1) is 4.92 Å². The van der Waals surface area contributed by atoms with Crippen molar-refractivity contribution in [2.75, 3.05) is 6.54 Å². The van der Waals surface area contributed by atoms with Crippen LogP contribution in [0.1, 0.15) is 37.0 Å². The molecular formula is C13H16ClN3O3. The molecule has 2 unspecified atom stereocenters. The van der Waals surface area contributed by atoms with Crippen molar-refractivity contribution in [3.63, 3.8) is 0 Å². The van der Waals surface area contributed by atoms with E-state index in [0.29, 0.717) is 12.5 Å². The smallest absolute Gasteiger partial charge is 0.319 e. The zero-order valence-corrected chi connectivity index (χ0v) is 12.1. The van der Waals surface area contributed by atoms with E-state index in [9.17, 15) is 14.9 Å². The van der Waals surface area contributed by atoms with Gasteiger partial charge in [0.25, 0.3) is 5.91 Å². The fraction of sp³-hybridized carbons (Fsp3) is 0.538. The first-order chi connectivity index (χ1) is 9.43. The van der Waals surface area contributed by atoms with Crippen LogP contribution in [0.15, 0.2) is 12.3 Å². The van der Waals surface area contributed by atoms with Gasteiger partial charge in [-0.3, -0.25) is 14.9 Å². The van der Waals surface area contributed by atoms with E-state index in [1.54, 1.807) is 4.90 Å². The van der Waals surface area contributed by atoms with Crippen LogP contribution in [0.5, 0.6) is 0 Å². The Kier molecular flexibility index (Phi) is 4.23. The quantitative estimate of drug-likeness (QED) is 0.478. The Balaban J connectivity index is 2.39. The number of hydrogen-bond donors (Lipinski definition) is 0. The first-order valence-corrected chi connectivity index (χ1v) is 6.91. The molecule has 0 bridgehead atoms. The van der Waals surface area contributed by atoms with Crippen molar-refractivity contribution in [2.24, 2.45) is 5.92 Å². The summed E-state index contributed by atoms with van der Waals surface area (Å²) in [4.78, 5) is 28.4. The average molecular weight is 298 g/mol. The van der Waals surface area contributed by atoms with Crippen molar-refractivity contribution in [1.29, 1.82) is 0 Å². The molecule has 1 saturated heterocycles. The van der Waals surface area contributed by atoms with E-state index < -0.39 is 10.6 Å². The summed E-state index contributed by atoms with van der Waals surface area (Å²) in [6.45, 7) is 4.66. The molecule has 2 heterocycles. The summed E-state index contributed by atoms with van der Waals surface area (Å²) in [7, 11) is 0. The molecule has 0 N–H and O–H groups in total. The second-order valence-corrected chi connectivity index (χ2v) is 5.47. The summed E-state index contributed by atoms with van der Waals surface area (Å²) in [5, 5.41) is 10.8. The molecule has 0 aliphatic carbocycles. The lowest BCUT2D eigenvalue weighted by Gasteiger charge is -2.37. The molecule has 0 saturated carbocycles. The lowest BCUT2D eigenvalue weighted by molar-refractivity contribution is -0.385. The maximum Gasteiger partial charge on any atom is 0.319 e. The molecule has 0 aromatic carbocycles. The van der Waals surface area contributed by atoms with Gasteiger partial charge in [0.2, 0.25) is 5.15 Å². The minimum absolute atomic E-state index is 0.0101. The van der Waals surface area contributed by atoms with Crippen molar-refractivity contribution < 1.29 is 9.72 Å². The summed E-state index contributed by atoms with van der Waals surface area (Å²) >= 11 is 5.75. The van der Waals surface area contributed by atoms with Crippen LogP contribution >= 0.6 is 11.6 Å². The molecule has 2 atom stereocenters. The lowest BCUT2D eigenvalue weighted by Crippen LogP contribution is -2.46. The number of carbonyl (C=O) groups is 1. The minimum atomic E-state index is -0.652. The molecule has 6 nitrogen and oxygen atoms in total. The van der Waals surface area contributed by atoms with Gasteiger partial charge in [-0.1, -0.05) is 18.5 Å². The molecule has 2 rings (SSSR count). The number of hydrogen-bond acceptors (Lipinski definition) is 4. The number of aromatic nitrogens is 1. The fourth-order valence-electron chi connectivity index (χ4n) is 2.55. The van der Waals surface area contributed by atoms with Crippen molar-refractivity contribution in [3.05, 3.63) is 33.1 Å². The van der Waals surface area contributed by atoms with Crippen LogP contribution in [0, 0.1) is 16.0 Å². The van der Waals surface area contributed by atoms with Crippen LogP contribution in [-0.2, 0) is 0 Å². The van der Waals surface area contributed by atoms with Crippen LogP contribution in [0.2, 0.25) is 5.15 Å². The molecule has 7 heteroatoms. The normalized spacial score (nSPS) is 22.6. The third kappa shape index (κ3) is 2.60. The van der Waals surface area contributed by atoms with Gasteiger partial charge >= 0.3 is 5.69 Å².